The fourth-order valence-corrected chi connectivity index (χ4v) is 4.75. The standard InChI is InChI=1S/C29H26F2N4O4/c1-2-39-28(38)26-24-11-4-18(16-35(24)17-32-26)27(37)33-22-8-5-20(6-9-22)29(12-3-13-29)34-25(36)15-19-14-21(30)7-10-23(19)31/h4-11,14,16-17H,2-3,12-13,15H2,1H3,(H,33,37)(H,34,36). The molecular weight excluding hydrogens is 506 g/mol. The zero-order valence-corrected chi connectivity index (χ0v) is 21.2. The van der Waals surface area contributed by atoms with Gasteiger partial charge in [0.25, 0.3) is 5.91 Å². The molecule has 0 bridgehead atoms. The van der Waals surface area contributed by atoms with E-state index < -0.39 is 29.0 Å². The highest BCUT2D eigenvalue weighted by Crippen LogP contribution is 2.41. The van der Waals surface area contributed by atoms with Crippen molar-refractivity contribution in [2.75, 3.05) is 11.9 Å². The van der Waals surface area contributed by atoms with Crippen molar-refractivity contribution >= 4 is 29.0 Å². The Morgan fingerprint density at radius 2 is 1.82 bits per heavy atom. The van der Waals surface area contributed by atoms with Crippen molar-refractivity contribution in [1.29, 1.82) is 0 Å². The minimum absolute atomic E-state index is 0.00558. The maximum atomic E-state index is 14.0. The highest BCUT2D eigenvalue weighted by atomic mass is 19.1. The van der Waals surface area contributed by atoms with E-state index >= 15 is 0 Å². The smallest absolute Gasteiger partial charge is 0.359 e. The number of aromatic nitrogens is 2. The molecule has 2 amide bonds. The van der Waals surface area contributed by atoms with Crippen molar-refractivity contribution in [3.05, 3.63) is 101 Å². The second-order valence-corrected chi connectivity index (χ2v) is 9.45. The van der Waals surface area contributed by atoms with Crippen molar-refractivity contribution in [2.24, 2.45) is 0 Å². The van der Waals surface area contributed by atoms with Crippen molar-refractivity contribution in [2.45, 2.75) is 38.1 Å². The molecule has 2 aromatic carbocycles. The molecule has 2 heterocycles. The van der Waals surface area contributed by atoms with Gasteiger partial charge in [-0.25, -0.2) is 18.6 Å². The van der Waals surface area contributed by atoms with Crippen LogP contribution in [0.3, 0.4) is 0 Å². The van der Waals surface area contributed by atoms with Gasteiger partial charge in [0.2, 0.25) is 5.91 Å². The molecule has 0 spiro atoms. The molecule has 1 aliphatic carbocycles. The monoisotopic (exact) mass is 532 g/mol. The van der Waals surface area contributed by atoms with Crippen LogP contribution in [0.25, 0.3) is 5.52 Å². The highest BCUT2D eigenvalue weighted by molar-refractivity contribution is 6.04. The molecule has 0 radical (unpaired) electrons. The highest BCUT2D eigenvalue weighted by Gasteiger charge is 2.40. The summed E-state index contributed by atoms with van der Waals surface area (Å²) in [6, 6.07) is 13.5. The Hall–Kier alpha value is -4.60. The number of anilines is 1. The summed E-state index contributed by atoms with van der Waals surface area (Å²) in [7, 11) is 0. The number of nitrogens with zero attached hydrogens (tertiary/aromatic N) is 2. The minimum Gasteiger partial charge on any atom is -0.461 e. The third kappa shape index (κ3) is 5.36. The van der Waals surface area contributed by atoms with E-state index in [1.807, 2.05) is 12.1 Å². The minimum atomic E-state index is -0.624. The number of pyridine rings is 1. The lowest BCUT2D eigenvalue weighted by Crippen LogP contribution is -2.51. The molecule has 1 fully saturated rings. The molecule has 8 nitrogen and oxygen atoms in total. The van der Waals surface area contributed by atoms with Crippen LogP contribution in [0.1, 0.15) is 58.2 Å². The van der Waals surface area contributed by atoms with Gasteiger partial charge < -0.3 is 19.8 Å². The maximum absolute atomic E-state index is 14.0. The Morgan fingerprint density at radius 1 is 1.05 bits per heavy atom. The molecule has 0 unspecified atom stereocenters. The lowest BCUT2D eigenvalue weighted by Gasteiger charge is -2.43. The Kier molecular flexibility index (Phi) is 7.10. The number of benzene rings is 2. The van der Waals surface area contributed by atoms with E-state index in [1.165, 1.54) is 6.33 Å². The first-order valence-electron chi connectivity index (χ1n) is 12.6. The second-order valence-electron chi connectivity index (χ2n) is 9.45. The predicted molar refractivity (Wildman–Crippen MR) is 139 cm³/mol. The van der Waals surface area contributed by atoms with Gasteiger partial charge in [-0.05, 0) is 74.2 Å². The molecule has 2 N–H and O–H groups in total. The number of hydrogen-bond donors (Lipinski definition) is 2. The van der Waals surface area contributed by atoms with Crippen molar-refractivity contribution in [1.82, 2.24) is 14.7 Å². The van der Waals surface area contributed by atoms with Gasteiger partial charge in [0.15, 0.2) is 5.69 Å². The summed E-state index contributed by atoms with van der Waals surface area (Å²) >= 11 is 0. The summed E-state index contributed by atoms with van der Waals surface area (Å²) in [6.07, 6.45) is 5.12. The topological polar surface area (TPSA) is 102 Å². The van der Waals surface area contributed by atoms with Gasteiger partial charge in [0.05, 0.1) is 29.6 Å². The number of rotatable bonds is 8. The summed E-state index contributed by atoms with van der Waals surface area (Å²) in [5, 5.41) is 5.85. The van der Waals surface area contributed by atoms with Crippen molar-refractivity contribution < 1.29 is 27.9 Å². The van der Waals surface area contributed by atoms with Crippen molar-refractivity contribution in [3.63, 3.8) is 0 Å². The fraction of sp³-hybridized carbons (Fsp3) is 0.241. The quantitative estimate of drug-likeness (QED) is 0.318. The summed E-state index contributed by atoms with van der Waals surface area (Å²) in [5.41, 5.74) is 1.92. The predicted octanol–water partition coefficient (Wildman–Crippen LogP) is 4.78. The number of fused-ring (bicyclic) bond motifs is 1. The number of imidazole rings is 1. The Balaban J connectivity index is 1.25. The molecule has 1 saturated carbocycles. The van der Waals surface area contributed by atoms with Gasteiger partial charge in [-0.15, -0.1) is 0 Å². The number of nitrogens with one attached hydrogen (secondary N) is 2. The first-order chi connectivity index (χ1) is 18.8. The van der Waals surface area contributed by atoms with Gasteiger partial charge in [0, 0.05) is 17.4 Å². The van der Waals surface area contributed by atoms with Crippen molar-refractivity contribution in [3.8, 4) is 0 Å². The molecule has 39 heavy (non-hydrogen) atoms. The van der Waals surface area contributed by atoms with Gasteiger partial charge in [-0.3, -0.25) is 9.59 Å². The summed E-state index contributed by atoms with van der Waals surface area (Å²) < 4.78 is 34.1. The van der Waals surface area contributed by atoms with E-state index in [0.29, 0.717) is 16.8 Å². The molecule has 5 rings (SSSR count). The fourth-order valence-electron chi connectivity index (χ4n) is 4.75. The molecule has 0 aliphatic heterocycles. The molecule has 2 aromatic heterocycles. The summed E-state index contributed by atoms with van der Waals surface area (Å²) in [5.74, 6) is -2.49. The number of halogens is 2. The Labute approximate surface area is 223 Å². The van der Waals surface area contributed by atoms with Crippen LogP contribution >= 0.6 is 0 Å². The first-order valence-corrected chi connectivity index (χ1v) is 12.6. The van der Waals surface area contributed by atoms with Crippen LogP contribution in [0, 0.1) is 11.6 Å². The van der Waals surface area contributed by atoms with Crippen LogP contribution in [-0.4, -0.2) is 33.8 Å². The van der Waals surface area contributed by atoms with Gasteiger partial charge in [0.1, 0.15) is 18.0 Å². The van der Waals surface area contributed by atoms with E-state index in [9.17, 15) is 23.2 Å². The largest absolute Gasteiger partial charge is 0.461 e. The molecule has 0 saturated heterocycles. The zero-order chi connectivity index (χ0) is 27.6. The van der Waals surface area contributed by atoms with Crippen LogP contribution in [0.15, 0.2) is 67.1 Å². The average molecular weight is 533 g/mol. The number of hydrogen-bond acceptors (Lipinski definition) is 5. The third-order valence-corrected chi connectivity index (χ3v) is 6.90. The molecule has 10 heteroatoms. The van der Waals surface area contributed by atoms with Crippen LogP contribution in [0.4, 0.5) is 14.5 Å². The number of ether oxygens (including phenoxy) is 1. The lowest BCUT2D eigenvalue weighted by atomic mass is 9.71. The average Bonchev–Trinajstić information content (AvgIpc) is 3.32. The number of esters is 1. The van der Waals surface area contributed by atoms with Crippen LogP contribution in [0.2, 0.25) is 0 Å². The first kappa shape index (κ1) is 26.0. The molecule has 200 valence electrons. The van der Waals surface area contributed by atoms with E-state index in [1.54, 1.807) is 41.8 Å². The Bertz CT molecular complexity index is 1560. The molecule has 4 aromatic rings. The van der Waals surface area contributed by atoms with Gasteiger partial charge >= 0.3 is 5.97 Å². The van der Waals surface area contributed by atoms with E-state index in [4.69, 9.17) is 4.74 Å². The van der Waals surface area contributed by atoms with E-state index in [-0.39, 0.29) is 30.2 Å². The molecule has 0 atom stereocenters. The van der Waals surface area contributed by atoms with Gasteiger partial charge in [-0.1, -0.05) is 12.1 Å². The third-order valence-electron chi connectivity index (χ3n) is 6.90. The van der Waals surface area contributed by atoms with Crippen LogP contribution in [-0.2, 0) is 21.5 Å². The molecule has 1 aliphatic rings. The number of amides is 2. The van der Waals surface area contributed by atoms with E-state index in [2.05, 4.69) is 15.6 Å². The SMILES string of the molecule is CCOC(=O)c1ncn2cc(C(=O)Nc3ccc(C4(NC(=O)Cc5cc(F)ccc5F)CCC4)cc3)ccc12. The van der Waals surface area contributed by atoms with Crippen LogP contribution < -0.4 is 10.6 Å². The maximum Gasteiger partial charge on any atom is 0.359 e. The van der Waals surface area contributed by atoms with Gasteiger partial charge in [-0.2, -0.15) is 0 Å². The zero-order valence-electron chi connectivity index (χ0n) is 21.2. The molecular formula is C29H26F2N4O4. The number of carbonyl (C=O) groups is 3. The Morgan fingerprint density at radius 3 is 2.51 bits per heavy atom. The normalized spacial score (nSPS) is 13.9. The summed E-state index contributed by atoms with van der Waals surface area (Å²) in [4.78, 5) is 41.7. The number of carbonyl (C=O) groups excluding carboxylic acids is 3. The second kappa shape index (κ2) is 10.6. The van der Waals surface area contributed by atoms with Crippen LogP contribution in [0.5, 0.6) is 0 Å². The van der Waals surface area contributed by atoms with E-state index in [0.717, 1.165) is 43.0 Å². The summed E-state index contributed by atoms with van der Waals surface area (Å²) in [6.45, 7) is 1.95. The lowest BCUT2D eigenvalue weighted by molar-refractivity contribution is -0.123.